The maximum absolute atomic E-state index is 13.0. The normalized spacial score (nSPS) is 20.6. The molecule has 12 heteroatoms. The van der Waals surface area contributed by atoms with Crippen molar-refractivity contribution in [2.45, 2.75) is 25.0 Å². The third kappa shape index (κ3) is 3.58. The number of nitro groups is 1. The highest BCUT2D eigenvalue weighted by Crippen LogP contribution is 2.51. The standard InChI is InChI=1S/C19H19N3O8S/c1-4-30-19(26)14-12(10-7-9(22(27)28)5-6-11(10)23)13(18(25)29-3)15(20)21-16(24)8(2)31-17(14)21/h5-8,12,23H,4,20H2,1-3H3. The van der Waals surface area contributed by atoms with Crippen LogP contribution in [0.2, 0.25) is 0 Å². The average molecular weight is 449 g/mol. The Kier molecular flexibility index (Phi) is 5.93. The van der Waals surface area contributed by atoms with Gasteiger partial charge in [-0.05, 0) is 19.9 Å². The summed E-state index contributed by atoms with van der Waals surface area (Å²) in [6.45, 7) is 3.17. The average Bonchev–Trinajstić information content (AvgIpc) is 3.02. The van der Waals surface area contributed by atoms with Crippen LogP contribution in [0.1, 0.15) is 25.3 Å². The fourth-order valence-corrected chi connectivity index (χ4v) is 4.61. The Bertz CT molecular complexity index is 1060. The number of nitrogens with two attached hydrogens (primary N) is 1. The van der Waals surface area contributed by atoms with Crippen LogP contribution in [-0.4, -0.2) is 51.7 Å². The SMILES string of the molecule is CCOC(=O)C1=C2SC(C)C(=O)N2C(N)=C(C(=O)OC)C1c1cc([N+](=O)[O-])ccc1O. The number of ether oxygens (including phenoxy) is 2. The number of rotatable bonds is 5. The molecule has 0 aromatic heterocycles. The topological polar surface area (TPSA) is 162 Å². The van der Waals surface area contributed by atoms with Gasteiger partial charge in [-0.3, -0.25) is 19.8 Å². The lowest BCUT2D eigenvalue weighted by Gasteiger charge is -2.33. The first-order valence-electron chi connectivity index (χ1n) is 9.11. The molecule has 2 aliphatic heterocycles. The van der Waals surface area contributed by atoms with Crippen molar-refractivity contribution in [1.29, 1.82) is 0 Å². The summed E-state index contributed by atoms with van der Waals surface area (Å²) in [5.74, 6) is -4.34. The number of methoxy groups -OCH3 is 1. The minimum atomic E-state index is -1.36. The summed E-state index contributed by atoms with van der Waals surface area (Å²) in [7, 11) is 1.08. The molecule has 1 saturated heterocycles. The number of hydrogen-bond donors (Lipinski definition) is 2. The predicted molar refractivity (Wildman–Crippen MR) is 108 cm³/mol. The molecule has 0 radical (unpaired) electrons. The van der Waals surface area contributed by atoms with Crippen molar-refractivity contribution in [2.24, 2.45) is 5.73 Å². The van der Waals surface area contributed by atoms with Crippen LogP contribution in [0.3, 0.4) is 0 Å². The summed E-state index contributed by atoms with van der Waals surface area (Å²) in [6.07, 6.45) is 0. The number of nitrogens with zero attached hydrogens (tertiary/aromatic N) is 2. The molecule has 0 saturated carbocycles. The number of phenolic OH excluding ortho intramolecular Hbond substituents is 1. The molecule has 2 atom stereocenters. The molecule has 3 N–H and O–H groups in total. The molecule has 2 unspecified atom stereocenters. The molecule has 1 aromatic carbocycles. The van der Waals surface area contributed by atoms with Gasteiger partial charge in [-0.15, -0.1) is 0 Å². The number of fused-ring (bicyclic) bond motifs is 1. The molecule has 3 rings (SSSR count). The number of aromatic hydroxyl groups is 1. The number of phenols is 1. The number of nitro benzene ring substituents is 1. The molecular formula is C19H19N3O8S. The van der Waals surface area contributed by atoms with E-state index < -0.39 is 39.7 Å². The Balaban J connectivity index is 2.38. The molecule has 1 aromatic rings. The number of carbonyl (C=O) groups excluding carboxylic acids is 3. The Labute approximate surface area is 180 Å². The molecule has 1 fully saturated rings. The van der Waals surface area contributed by atoms with E-state index in [1.807, 2.05) is 0 Å². The monoisotopic (exact) mass is 449 g/mol. The van der Waals surface area contributed by atoms with Crippen molar-refractivity contribution >= 4 is 35.3 Å². The molecule has 164 valence electrons. The van der Waals surface area contributed by atoms with Crippen LogP contribution in [0.4, 0.5) is 5.69 Å². The zero-order chi connectivity index (χ0) is 23.0. The second-order valence-electron chi connectivity index (χ2n) is 6.60. The van der Waals surface area contributed by atoms with E-state index in [2.05, 4.69) is 0 Å². The van der Waals surface area contributed by atoms with Gasteiger partial charge in [0.1, 0.15) is 11.6 Å². The Morgan fingerprint density at radius 1 is 1.32 bits per heavy atom. The zero-order valence-corrected chi connectivity index (χ0v) is 17.6. The smallest absolute Gasteiger partial charge is 0.338 e. The molecule has 2 aliphatic rings. The Morgan fingerprint density at radius 3 is 2.58 bits per heavy atom. The highest BCUT2D eigenvalue weighted by molar-refractivity contribution is 8.04. The fraction of sp³-hybridized carbons (Fsp3) is 0.316. The number of thioether (sulfide) groups is 1. The third-order valence-corrected chi connectivity index (χ3v) is 6.00. The van der Waals surface area contributed by atoms with Crippen molar-refractivity contribution in [3.8, 4) is 5.75 Å². The first kappa shape index (κ1) is 22.2. The maximum Gasteiger partial charge on any atom is 0.338 e. The van der Waals surface area contributed by atoms with E-state index in [-0.39, 0.29) is 39.9 Å². The summed E-state index contributed by atoms with van der Waals surface area (Å²) >= 11 is 1.03. The lowest BCUT2D eigenvalue weighted by atomic mass is 9.81. The van der Waals surface area contributed by atoms with Crippen molar-refractivity contribution in [3.05, 3.63) is 55.9 Å². The van der Waals surface area contributed by atoms with Crippen LogP contribution in [0.5, 0.6) is 5.75 Å². The van der Waals surface area contributed by atoms with E-state index in [0.717, 1.165) is 42.0 Å². The number of amides is 1. The largest absolute Gasteiger partial charge is 0.508 e. The van der Waals surface area contributed by atoms with E-state index in [9.17, 15) is 29.6 Å². The second kappa shape index (κ2) is 8.30. The quantitative estimate of drug-likeness (QED) is 0.382. The van der Waals surface area contributed by atoms with Crippen LogP contribution in [0.15, 0.2) is 40.2 Å². The molecule has 0 aliphatic carbocycles. The molecule has 0 bridgehead atoms. The van der Waals surface area contributed by atoms with Gasteiger partial charge in [0, 0.05) is 17.7 Å². The minimum absolute atomic E-state index is 0.00975. The fourth-order valence-electron chi connectivity index (χ4n) is 3.44. The van der Waals surface area contributed by atoms with Crippen LogP contribution >= 0.6 is 11.8 Å². The van der Waals surface area contributed by atoms with E-state index >= 15 is 0 Å². The number of non-ortho nitro benzene ring substituents is 1. The van der Waals surface area contributed by atoms with E-state index in [4.69, 9.17) is 15.2 Å². The van der Waals surface area contributed by atoms with Gasteiger partial charge < -0.3 is 20.3 Å². The predicted octanol–water partition coefficient (Wildman–Crippen LogP) is 1.48. The Hall–Kier alpha value is -3.54. The molecule has 11 nitrogen and oxygen atoms in total. The summed E-state index contributed by atoms with van der Waals surface area (Å²) in [5.41, 5.74) is 5.21. The second-order valence-corrected chi connectivity index (χ2v) is 7.93. The molecule has 2 heterocycles. The molecular weight excluding hydrogens is 430 g/mol. The first-order valence-corrected chi connectivity index (χ1v) is 9.99. The number of esters is 2. The third-order valence-electron chi connectivity index (χ3n) is 4.82. The summed E-state index contributed by atoms with van der Waals surface area (Å²) in [5, 5.41) is 21.3. The summed E-state index contributed by atoms with van der Waals surface area (Å²) in [6, 6.07) is 3.19. The van der Waals surface area contributed by atoms with E-state index in [1.165, 1.54) is 0 Å². The van der Waals surface area contributed by atoms with Crippen molar-refractivity contribution in [3.63, 3.8) is 0 Å². The van der Waals surface area contributed by atoms with E-state index in [1.54, 1.807) is 13.8 Å². The van der Waals surface area contributed by atoms with Gasteiger partial charge in [0.2, 0.25) is 5.91 Å². The van der Waals surface area contributed by atoms with Gasteiger partial charge in [-0.1, -0.05) is 11.8 Å². The van der Waals surface area contributed by atoms with Crippen LogP contribution < -0.4 is 5.73 Å². The summed E-state index contributed by atoms with van der Waals surface area (Å²) < 4.78 is 9.96. The highest BCUT2D eigenvalue weighted by atomic mass is 32.2. The first-order chi connectivity index (χ1) is 14.6. The van der Waals surface area contributed by atoms with Crippen molar-refractivity contribution in [1.82, 2.24) is 4.90 Å². The van der Waals surface area contributed by atoms with Gasteiger partial charge in [0.15, 0.2) is 0 Å². The molecule has 31 heavy (non-hydrogen) atoms. The van der Waals surface area contributed by atoms with Gasteiger partial charge >= 0.3 is 11.9 Å². The zero-order valence-electron chi connectivity index (χ0n) is 16.8. The summed E-state index contributed by atoms with van der Waals surface area (Å²) in [4.78, 5) is 50.0. The van der Waals surface area contributed by atoms with Crippen molar-refractivity contribution < 1.29 is 33.9 Å². The van der Waals surface area contributed by atoms with Crippen molar-refractivity contribution in [2.75, 3.05) is 13.7 Å². The number of carbonyl (C=O) groups is 3. The van der Waals surface area contributed by atoms with Crippen LogP contribution in [-0.2, 0) is 23.9 Å². The van der Waals surface area contributed by atoms with Crippen LogP contribution in [0, 0.1) is 10.1 Å². The number of benzene rings is 1. The lowest BCUT2D eigenvalue weighted by molar-refractivity contribution is -0.384. The van der Waals surface area contributed by atoms with Gasteiger partial charge in [-0.25, -0.2) is 9.59 Å². The molecule has 1 amide bonds. The van der Waals surface area contributed by atoms with Gasteiger partial charge in [0.05, 0.1) is 46.0 Å². The van der Waals surface area contributed by atoms with E-state index in [0.29, 0.717) is 0 Å². The van der Waals surface area contributed by atoms with Gasteiger partial charge in [-0.2, -0.15) is 0 Å². The Morgan fingerprint density at radius 2 is 2.00 bits per heavy atom. The van der Waals surface area contributed by atoms with Crippen LogP contribution in [0.25, 0.3) is 0 Å². The highest BCUT2D eigenvalue weighted by Gasteiger charge is 2.49. The lowest BCUT2D eigenvalue weighted by Crippen LogP contribution is -2.40. The maximum atomic E-state index is 13.0. The molecule has 0 spiro atoms. The minimum Gasteiger partial charge on any atom is -0.508 e. The van der Waals surface area contributed by atoms with Gasteiger partial charge in [0.25, 0.3) is 5.69 Å². The number of hydrogen-bond acceptors (Lipinski definition) is 10.